The van der Waals surface area contributed by atoms with Gasteiger partial charge in [0.2, 0.25) is 0 Å². The summed E-state index contributed by atoms with van der Waals surface area (Å²) in [6, 6.07) is 2.32. The van der Waals surface area contributed by atoms with E-state index in [0.29, 0.717) is 0 Å². The highest BCUT2D eigenvalue weighted by molar-refractivity contribution is 5.89. The van der Waals surface area contributed by atoms with Crippen LogP contribution in [0.4, 0.5) is 0 Å². The van der Waals surface area contributed by atoms with Crippen molar-refractivity contribution < 1.29 is 4.79 Å². The molecule has 1 heterocycles. The van der Waals surface area contributed by atoms with E-state index in [4.69, 9.17) is 5.26 Å². The van der Waals surface area contributed by atoms with Crippen molar-refractivity contribution in [3.63, 3.8) is 0 Å². The molecule has 0 amide bonds. The summed E-state index contributed by atoms with van der Waals surface area (Å²) in [6.45, 7) is 9.89. The van der Waals surface area contributed by atoms with Crippen molar-refractivity contribution in [1.29, 1.82) is 5.26 Å². The Labute approximate surface area is 98.2 Å². The molecule has 1 N–H and O–H groups in total. The van der Waals surface area contributed by atoms with E-state index in [2.05, 4.69) is 18.3 Å². The minimum Gasteiger partial charge on any atom is -0.303 e. The van der Waals surface area contributed by atoms with Gasteiger partial charge >= 0.3 is 0 Å². The molecule has 0 saturated carbocycles. The van der Waals surface area contributed by atoms with Crippen LogP contribution in [0.25, 0.3) is 0 Å². The van der Waals surface area contributed by atoms with Crippen molar-refractivity contribution in [2.75, 3.05) is 0 Å². The van der Waals surface area contributed by atoms with E-state index >= 15 is 0 Å². The molecule has 3 heteroatoms. The van der Waals surface area contributed by atoms with Gasteiger partial charge < -0.3 is 5.32 Å². The van der Waals surface area contributed by atoms with Crippen LogP contribution < -0.4 is 5.32 Å². The van der Waals surface area contributed by atoms with Crippen LogP contribution in [0.1, 0.15) is 41.0 Å². The second-order valence-corrected chi connectivity index (χ2v) is 6.00. The Kier molecular flexibility index (Phi) is 3.75. The Morgan fingerprint density at radius 2 is 1.94 bits per heavy atom. The molecule has 1 rings (SSSR count). The molecule has 1 fully saturated rings. The number of ketones is 1. The van der Waals surface area contributed by atoms with Crippen LogP contribution in [0, 0.1) is 28.6 Å². The number of carbonyl (C=O) groups excluding carboxylic acids is 1. The SMILES string of the molecule is CC1CC(C#N)C(C)NC1C(=O)C(C)(C)C. The molecule has 1 aliphatic rings. The summed E-state index contributed by atoms with van der Waals surface area (Å²) in [6.07, 6.45) is 0.817. The molecule has 0 spiro atoms. The number of nitrogens with zero attached hydrogens (tertiary/aromatic N) is 1. The summed E-state index contributed by atoms with van der Waals surface area (Å²) in [4.78, 5) is 12.2. The largest absolute Gasteiger partial charge is 0.303 e. The molecule has 1 aliphatic heterocycles. The highest BCUT2D eigenvalue weighted by Crippen LogP contribution is 2.29. The lowest BCUT2D eigenvalue weighted by atomic mass is 9.75. The van der Waals surface area contributed by atoms with Gasteiger partial charge in [-0.25, -0.2) is 0 Å². The third kappa shape index (κ3) is 2.62. The number of piperidine rings is 1. The summed E-state index contributed by atoms with van der Waals surface area (Å²) in [7, 11) is 0. The van der Waals surface area contributed by atoms with Crippen molar-refractivity contribution in [1.82, 2.24) is 5.32 Å². The smallest absolute Gasteiger partial charge is 0.155 e. The third-order valence-corrected chi connectivity index (χ3v) is 3.43. The second kappa shape index (κ2) is 4.55. The van der Waals surface area contributed by atoms with Gasteiger partial charge in [0.1, 0.15) is 0 Å². The maximum atomic E-state index is 12.2. The Morgan fingerprint density at radius 1 is 1.38 bits per heavy atom. The number of nitriles is 1. The lowest BCUT2D eigenvalue weighted by Gasteiger charge is -2.38. The van der Waals surface area contributed by atoms with Crippen molar-refractivity contribution in [2.24, 2.45) is 17.3 Å². The molecule has 0 aliphatic carbocycles. The van der Waals surface area contributed by atoms with E-state index < -0.39 is 0 Å². The average molecular weight is 222 g/mol. The van der Waals surface area contributed by atoms with E-state index in [-0.39, 0.29) is 35.1 Å². The number of Topliss-reactive ketones (excluding diaryl/α,β-unsaturated/α-hetero) is 1. The zero-order valence-corrected chi connectivity index (χ0v) is 10.9. The van der Waals surface area contributed by atoms with E-state index in [0.717, 1.165) is 6.42 Å². The van der Waals surface area contributed by atoms with Crippen LogP contribution in [-0.4, -0.2) is 17.9 Å². The van der Waals surface area contributed by atoms with Crippen LogP contribution in [0.5, 0.6) is 0 Å². The topological polar surface area (TPSA) is 52.9 Å². The first-order valence-corrected chi connectivity index (χ1v) is 5.97. The van der Waals surface area contributed by atoms with Gasteiger partial charge in [0.05, 0.1) is 18.0 Å². The molecule has 4 unspecified atom stereocenters. The number of nitrogens with one attached hydrogen (secondary N) is 1. The molecule has 0 aromatic heterocycles. The summed E-state index contributed by atoms with van der Waals surface area (Å²) < 4.78 is 0. The Bertz CT molecular complexity index is 311. The van der Waals surface area contributed by atoms with Gasteiger partial charge in [-0.2, -0.15) is 5.26 Å². The average Bonchev–Trinajstić information content (AvgIpc) is 2.18. The first-order valence-electron chi connectivity index (χ1n) is 5.97. The molecule has 16 heavy (non-hydrogen) atoms. The number of hydrogen-bond acceptors (Lipinski definition) is 3. The van der Waals surface area contributed by atoms with Crippen LogP contribution in [0.2, 0.25) is 0 Å². The monoisotopic (exact) mass is 222 g/mol. The molecule has 0 radical (unpaired) electrons. The van der Waals surface area contributed by atoms with E-state index in [9.17, 15) is 4.79 Å². The molecular formula is C13H22N2O. The minimum atomic E-state index is -0.314. The van der Waals surface area contributed by atoms with E-state index in [1.165, 1.54) is 0 Å². The molecule has 1 saturated heterocycles. The van der Waals surface area contributed by atoms with Gasteiger partial charge in [-0.3, -0.25) is 4.79 Å². The number of rotatable bonds is 1. The molecule has 3 nitrogen and oxygen atoms in total. The number of hydrogen-bond donors (Lipinski definition) is 1. The van der Waals surface area contributed by atoms with Crippen LogP contribution in [-0.2, 0) is 4.79 Å². The molecule has 4 atom stereocenters. The number of carbonyl (C=O) groups is 1. The van der Waals surface area contributed by atoms with Crippen molar-refractivity contribution in [3.05, 3.63) is 0 Å². The first-order chi connectivity index (χ1) is 7.27. The van der Waals surface area contributed by atoms with Crippen molar-refractivity contribution >= 4 is 5.78 Å². The van der Waals surface area contributed by atoms with Gasteiger partial charge in [-0.05, 0) is 19.3 Å². The Balaban J connectivity index is 2.79. The van der Waals surface area contributed by atoms with Crippen LogP contribution in [0.15, 0.2) is 0 Å². The van der Waals surface area contributed by atoms with Gasteiger partial charge in [0, 0.05) is 11.5 Å². The second-order valence-electron chi connectivity index (χ2n) is 6.00. The van der Waals surface area contributed by atoms with Crippen molar-refractivity contribution in [2.45, 2.75) is 53.1 Å². The highest BCUT2D eigenvalue weighted by Gasteiger charge is 2.39. The Hall–Kier alpha value is -0.880. The first kappa shape index (κ1) is 13.2. The molecule has 90 valence electrons. The summed E-state index contributed by atoms with van der Waals surface area (Å²) in [5.41, 5.74) is -0.314. The molecule has 0 bridgehead atoms. The zero-order valence-electron chi connectivity index (χ0n) is 10.9. The van der Waals surface area contributed by atoms with Crippen LogP contribution in [0.3, 0.4) is 0 Å². The summed E-state index contributed by atoms with van der Waals surface area (Å²) in [5, 5.41) is 12.3. The predicted molar refractivity (Wildman–Crippen MR) is 63.7 cm³/mol. The van der Waals surface area contributed by atoms with Gasteiger partial charge in [0.25, 0.3) is 0 Å². The minimum absolute atomic E-state index is 0.0269. The molecule has 0 aromatic carbocycles. The van der Waals surface area contributed by atoms with Crippen LogP contribution >= 0.6 is 0 Å². The maximum absolute atomic E-state index is 12.2. The lowest BCUT2D eigenvalue weighted by molar-refractivity contribution is -0.130. The van der Waals surface area contributed by atoms with E-state index in [1.54, 1.807) is 0 Å². The highest BCUT2D eigenvalue weighted by atomic mass is 16.1. The normalized spacial score (nSPS) is 35.5. The molecular weight excluding hydrogens is 200 g/mol. The van der Waals surface area contributed by atoms with E-state index in [1.807, 2.05) is 27.7 Å². The van der Waals surface area contributed by atoms with Crippen molar-refractivity contribution in [3.8, 4) is 6.07 Å². The summed E-state index contributed by atoms with van der Waals surface area (Å²) in [5.74, 6) is 0.523. The fourth-order valence-corrected chi connectivity index (χ4v) is 2.27. The quantitative estimate of drug-likeness (QED) is 0.739. The predicted octanol–water partition coefficient (Wildman–Crippen LogP) is 2.13. The van der Waals surface area contributed by atoms with Gasteiger partial charge in [-0.15, -0.1) is 0 Å². The standard InChI is InChI=1S/C13H22N2O/c1-8-6-10(7-14)9(2)15-11(8)12(16)13(3,4)5/h8-11,15H,6H2,1-5H3. The maximum Gasteiger partial charge on any atom is 0.155 e. The summed E-state index contributed by atoms with van der Waals surface area (Å²) >= 11 is 0. The zero-order chi connectivity index (χ0) is 12.5. The van der Waals surface area contributed by atoms with Gasteiger partial charge in [-0.1, -0.05) is 27.7 Å². The fraction of sp³-hybridized carbons (Fsp3) is 0.846. The molecule has 0 aromatic rings. The lowest BCUT2D eigenvalue weighted by Crippen LogP contribution is -2.56. The van der Waals surface area contributed by atoms with Gasteiger partial charge in [0.15, 0.2) is 5.78 Å². The fourth-order valence-electron chi connectivity index (χ4n) is 2.27. The Morgan fingerprint density at radius 3 is 2.38 bits per heavy atom. The third-order valence-electron chi connectivity index (χ3n) is 3.43.